The van der Waals surface area contributed by atoms with Gasteiger partial charge in [-0.1, -0.05) is 42.9 Å². The summed E-state index contributed by atoms with van der Waals surface area (Å²) in [5.41, 5.74) is 5.42. The summed E-state index contributed by atoms with van der Waals surface area (Å²) in [5.74, 6) is 4.20. The maximum Gasteiger partial charge on any atom is 0.160 e. The highest BCUT2D eigenvalue weighted by molar-refractivity contribution is 5.65. The third-order valence-electron chi connectivity index (χ3n) is 4.05. The molecule has 0 nitrogen and oxygen atoms in total. The Morgan fingerprint density at radius 2 is 1.70 bits per heavy atom. The Labute approximate surface area is 135 Å². The molecule has 23 heavy (non-hydrogen) atoms. The van der Waals surface area contributed by atoms with Crippen LogP contribution in [0, 0.1) is 23.5 Å². The highest BCUT2D eigenvalue weighted by atomic mass is 19.2. The van der Waals surface area contributed by atoms with Gasteiger partial charge in [0.25, 0.3) is 0 Å². The standard InChI is InChI=1S/C21H18F2/c1-2-3-4-17-12-18-9-7-15(11-19(18)13-17)5-6-16-8-10-20(22)21(23)14-16/h7-11,13-14H,2-4,12H2,1H3. The zero-order valence-electron chi connectivity index (χ0n) is 13.1. The van der Waals surface area contributed by atoms with Crippen LogP contribution in [0.4, 0.5) is 8.78 Å². The van der Waals surface area contributed by atoms with E-state index < -0.39 is 11.6 Å². The quantitative estimate of drug-likeness (QED) is 0.657. The van der Waals surface area contributed by atoms with Crippen LogP contribution in [-0.2, 0) is 6.42 Å². The molecule has 0 spiro atoms. The van der Waals surface area contributed by atoms with Gasteiger partial charge in [-0.25, -0.2) is 8.78 Å². The first kappa shape index (κ1) is 15.5. The Balaban J connectivity index is 1.80. The lowest BCUT2D eigenvalue weighted by Gasteiger charge is -2.00. The number of allylic oxidation sites excluding steroid dienone is 1. The average molecular weight is 308 g/mol. The second-order valence-corrected chi connectivity index (χ2v) is 5.88. The number of hydrogen-bond donors (Lipinski definition) is 0. The van der Waals surface area contributed by atoms with Crippen LogP contribution < -0.4 is 0 Å². The van der Waals surface area contributed by atoms with E-state index in [-0.39, 0.29) is 0 Å². The lowest BCUT2D eigenvalue weighted by molar-refractivity contribution is 0.508. The molecule has 1 aliphatic carbocycles. The molecule has 2 aromatic rings. The number of hydrogen-bond acceptors (Lipinski definition) is 0. The minimum atomic E-state index is -0.866. The fourth-order valence-electron chi connectivity index (χ4n) is 2.77. The first-order valence-corrected chi connectivity index (χ1v) is 7.95. The van der Waals surface area contributed by atoms with Crippen LogP contribution in [0.3, 0.4) is 0 Å². The van der Waals surface area contributed by atoms with E-state index in [0.29, 0.717) is 5.56 Å². The number of benzene rings is 2. The van der Waals surface area contributed by atoms with Crippen LogP contribution >= 0.6 is 0 Å². The molecule has 2 heteroatoms. The van der Waals surface area contributed by atoms with Crippen molar-refractivity contribution in [2.75, 3.05) is 0 Å². The Bertz CT molecular complexity index is 819. The third-order valence-corrected chi connectivity index (χ3v) is 4.05. The summed E-state index contributed by atoms with van der Waals surface area (Å²) in [6.07, 6.45) is 6.88. The number of unbranched alkanes of at least 4 members (excludes halogenated alkanes) is 1. The molecule has 0 unspecified atom stereocenters. The van der Waals surface area contributed by atoms with Crippen LogP contribution in [0.25, 0.3) is 6.08 Å². The molecule has 116 valence electrons. The normalized spacial score (nSPS) is 12.4. The molecule has 0 saturated carbocycles. The van der Waals surface area contributed by atoms with E-state index in [1.807, 2.05) is 6.07 Å². The highest BCUT2D eigenvalue weighted by Gasteiger charge is 2.12. The summed E-state index contributed by atoms with van der Waals surface area (Å²) in [5, 5.41) is 0. The second-order valence-electron chi connectivity index (χ2n) is 5.88. The maximum atomic E-state index is 13.2. The van der Waals surface area contributed by atoms with Crippen molar-refractivity contribution in [2.24, 2.45) is 0 Å². The van der Waals surface area contributed by atoms with Gasteiger partial charge in [0.15, 0.2) is 11.6 Å². The molecule has 2 aromatic carbocycles. The monoisotopic (exact) mass is 308 g/mol. The van der Waals surface area contributed by atoms with Crippen LogP contribution in [-0.4, -0.2) is 0 Å². The predicted molar refractivity (Wildman–Crippen MR) is 90.0 cm³/mol. The molecule has 0 atom stereocenters. The second kappa shape index (κ2) is 6.79. The first-order valence-electron chi connectivity index (χ1n) is 7.95. The molecule has 0 N–H and O–H groups in total. The Morgan fingerprint density at radius 1 is 0.957 bits per heavy atom. The molecule has 0 fully saturated rings. The van der Waals surface area contributed by atoms with E-state index in [4.69, 9.17) is 0 Å². The molecule has 0 saturated heterocycles. The molecular formula is C21H18F2. The molecular weight excluding hydrogens is 290 g/mol. The molecule has 3 rings (SSSR count). The molecule has 0 bridgehead atoms. The van der Waals surface area contributed by atoms with Crippen molar-refractivity contribution in [1.82, 2.24) is 0 Å². The van der Waals surface area contributed by atoms with Crippen molar-refractivity contribution in [3.63, 3.8) is 0 Å². The average Bonchev–Trinajstić information content (AvgIpc) is 2.96. The fourth-order valence-corrected chi connectivity index (χ4v) is 2.77. The first-order chi connectivity index (χ1) is 11.2. The van der Waals surface area contributed by atoms with Crippen LogP contribution in [0.5, 0.6) is 0 Å². The largest absolute Gasteiger partial charge is 0.204 e. The summed E-state index contributed by atoms with van der Waals surface area (Å²) >= 11 is 0. The van der Waals surface area contributed by atoms with Gasteiger partial charge in [-0.3, -0.25) is 0 Å². The van der Waals surface area contributed by atoms with Gasteiger partial charge in [0.05, 0.1) is 0 Å². The fraction of sp³-hybridized carbons (Fsp3) is 0.238. The van der Waals surface area contributed by atoms with Gasteiger partial charge in [-0.2, -0.15) is 0 Å². The highest BCUT2D eigenvalue weighted by Crippen LogP contribution is 2.28. The topological polar surface area (TPSA) is 0 Å². The molecule has 0 aromatic heterocycles. The van der Waals surface area contributed by atoms with Gasteiger partial charge in [0, 0.05) is 11.1 Å². The van der Waals surface area contributed by atoms with E-state index in [1.54, 1.807) is 0 Å². The van der Waals surface area contributed by atoms with E-state index in [1.165, 1.54) is 35.6 Å². The third kappa shape index (κ3) is 3.68. The number of rotatable bonds is 3. The minimum absolute atomic E-state index is 0.476. The van der Waals surface area contributed by atoms with Gasteiger partial charge >= 0.3 is 0 Å². The van der Waals surface area contributed by atoms with E-state index in [0.717, 1.165) is 30.5 Å². The molecule has 0 radical (unpaired) electrons. The summed E-state index contributed by atoms with van der Waals surface area (Å²) < 4.78 is 26.1. The maximum absolute atomic E-state index is 13.2. The Kier molecular flexibility index (Phi) is 4.57. The van der Waals surface area contributed by atoms with Gasteiger partial charge in [0.1, 0.15) is 0 Å². The van der Waals surface area contributed by atoms with Gasteiger partial charge in [-0.15, -0.1) is 0 Å². The van der Waals surface area contributed by atoms with Gasteiger partial charge in [0.2, 0.25) is 0 Å². The van der Waals surface area contributed by atoms with Gasteiger partial charge in [-0.05, 0) is 60.7 Å². The molecule has 0 amide bonds. The van der Waals surface area contributed by atoms with Crippen molar-refractivity contribution in [2.45, 2.75) is 32.6 Å². The van der Waals surface area contributed by atoms with Gasteiger partial charge < -0.3 is 0 Å². The smallest absolute Gasteiger partial charge is 0.160 e. The van der Waals surface area contributed by atoms with Crippen molar-refractivity contribution in [3.05, 3.63) is 75.9 Å². The summed E-state index contributed by atoms with van der Waals surface area (Å²) in [7, 11) is 0. The zero-order valence-corrected chi connectivity index (χ0v) is 13.1. The summed E-state index contributed by atoms with van der Waals surface area (Å²) in [4.78, 5) is 0. The number of fused-ring (bicyclic) bond motifs is 1. The number of halogens is 2. The van der Waals surface area contributed by atoms with E-state index in [2.05, 4.69) is 37.0 Å². The SMILES string of the molecule is CCCCC1=Cc2cc(C#Cc3ccc(F)c(F)c3)ccc2C1. The minimum Gasteiger partial charge on any atom is -0.204 e. The van der Waals surface area contributed by atoms with Crippen molar-refractivity contribution < 1.29 is 8.78 Å². The zero-order chi connectivity index (χ0) is 16.2. The van der Waals surface area contributed by atoms with Crippen LogP contribution in [0.15, 0.2) is 42.0 Å². The van der Waals surface area contributed by atoms with Crippen molar-refractivity contribution >= 4 is 6.08 Å². The summed E-state index contributed by atoms with van der Waals surface area (Å²) in [6.45, 7) is 2.20. The Morgan fingerprint density at radius 3 is 2.43 bits per heavy atom. The lowest BCUT2D eigenvalue weighted by Crippen LogP contribution is -1.87. The lowest BCUT2D eigenvalue weighted by atomic mass is 10.0. The van der Waals surface area contributed by atoms with E-state index >= 15 is 0 Å². The molecule has 0 aliphatic heterocycles. The summed E-state index contributed by atoms with van der Waals surface area (Å²) in [6, 6.07) is 9.88. The molecule has 0 heterocycles. The van der Waals surface area contributed by atoms with Crippen LogP contribution in [0.1, 0.15) is 48.4 Å². The Hall–Kier alpha value is -2.40. The van der Waals surface area contributed by atoms with Crippen molar-refractivity contribution in [3.8, 4) is 11.8 Å². The predicted octanol–water partition coefficient (Wildman–Crippen LogP) is 5.49. The van der Waals surface area contributed by atoms with Crippen LogP contribution in [0.2, 0.25) is 0 Å². The van der Waals surface area contributed by atoms with Crippen molar-refractivity contribution in [1.29, 1.82) is 0 Å². The van der Waals surface area contributed by atoms with E-state index in [9.17, 15) is 8.78 Å². The molecule has 1 aliphatic rings.